The van der Waals surface area contributed by atoms with E-state index in [-0.39, 0.29) is 23.4 Å². The van der Waals surface area contributed by atoms with E-state index in [0.717, 1.165) is 31.5 Å². The number of nitrogens with one attached hydrogen (secondary N) is 1. The molecule has 1 aromatic heterocycles. The van der Waals surface area contributed by atoms with Crippen molar-refractivity contribution in [1.82, 2.24) is 14.8 Å². The van der Waals surface area contributed by atoms with Gasteiger partial charge in [-0.3, -0.25) is 9.59 Å². The molecule has 3 heterocycles. The second kappa shape index (κ2) is 5.89. The SMILES string of the molecule is CC(=O)N(C)[C@H]1CCN(C(=O)c2cnc3c(c2)OCCC2(CC2)N3)C1. The van der Waals surface area contributed by atoms with Crippen molar-refractivity contribution in [3.8, 4) is 5.75 Å². The molecular weight excluding hydrogens is 320 g/mol. The van der Waals surface area contributed by atoms with Crippen LogP contribution in [0.2, 0.25) is 0 Å². The number of likely N-dealkylation sites (N-methyl/N-ethyl adjacent to an activating group) is 1. The van der Waals surface area contributed by atoms with Crippen molar-refractivity contribution in [1.29, 1.82) is 0 Å². The maximum Gasteiger partial charge on any atom is 0.255 e. The largest absolute Gasteiger partial charge is 0.490 e. The molecule has 7 nitrogen and oxygen atoms in total. The molecule has 4 rings (SSSR count). The number of ether oxygens (including phenoxy) is 1. The van der Waals surface area contributed by atoms with Crippen molar-refractivity contribution < 1.29 is 14.3 Å². The molecule has 1 spiro atoms. The van der Waals surface area contributed by atoms with Gasteiger partial charge < -0.3 is 19.9 Å². The zero-order valence-electron chi connectivity index (χ0n) is 14.7. The van der Waals surface area contributed by atoms with E-state index in [1.54, 1.807) is 36.0 Å². The molecule has 0 radical (unpaired) electrons. The molecule has 1 aromatic rings. The number of pyridine rings is 1. The third-order valence-electron chi connectivity index (χ3n) is 5.67. The Morgan fingerprint density at radius 1 is 1.40 bits per heavy atom. The number of hydrogen-bond acceptors (Lipinski definition) is 5. The lowest BCUT2D eigenvalue weighted by molar-refractivity contribution is -0.129. The van der Waals surface area contributed by atoms with Crippen molar-refractivity contribution in [3.05, 3.63) is 17.8 Å². The number of likely N-dealkylation sites (tertiary alicyclic amines) is 1. The van der Waals surface area contributed by atoms with Gasteiger partial charge >= 0.3 is 0 Å². The minimum absolute atomic E-state index is 0.0273. The van der Waals surface area contributed by atoms with Crippen molar-refractivity contribution in [2.45, 2.75) is 44.2 Å². The average molecular weight is 344 g/mol. The normalized spacial score (nSPS) is 23.3. The van der Waals surface area contributed by atoms with Crippen LogP contribution in [0.25, 0.3) is 0 Å². The molecule has 1 N–H and O–H groups in total. The zero-order chi connectivity index (χ0) is 17.6. The van der Waals surface area contributed by atoms with Crippen molar-refractivity contribution in [3.63, 3.8) is 0 Å². The van der Waals surface area contributed by atoms with Gasteiger partial charge in [-0.1, -0.05) is 0 Å². The predicted octanol–water partition coefficient (Wildman–Crippen LogP) is 1.50. The Bertz CT molecular complexity index is 716. The Morgan fingerprint density at radius 2 is 2.20 bits per heavy atom. The van der Waals surface area contributed by atoms with Crippen molar-refractivity contribution >= 4 is 17.6 Å². The molecule has 2 amide bonds. The van der Waals surface area contributed by atoms with Gasteiger partial charge in [-0.2, -0.15) is 0 Å². The summed E-state index contributed by atoms with van der Waals surface area (Å²) >= 11 is 0. The monoisotopic (exact) mass is 344 g/mol. The summed E-state index contributed by atoms with van der Waals surface area (Å²) in [6.45, 7) is 3.42. The standard InChI is InChI=1S/C18H24N4O3/c1-12(23)21(2)14-3-7-22(11-14)17(24)13-9-15-16(19-10-13)20-18(4-5-18)6-8-25-15/h9-10,14H,3-8,11H2,1-2H3,(H,19,20)/t14-/m0/s1. The molecule has 0 bridgehead atoms. The highest BCUT2D eigenvalue weighted by Gasteiger charge is 2.44. The third-order valence-corrected chi connectivity index (χ3v) is 5.67. The van der Waals surface area contributed by atoms with E-state index in [4.69, 9.17) is 4.74 Å². The highest BCUT2D eigenvalue weighted by atomic mass is 16.5. The van der Waals surface area contributed by atoms with Gasteiger partial charge in [0.2, 0.25) is 5.91 Å². The van der Waals surface area contributed by atoms with Crippen LogP contribution in [-0.2, 0) is 4.79 Å². The van der Waals surface area contributed by atoms with Crippen LogP contribution in [0.15, 0.2) is 12.3 Å². The predicted molar refractivity (Wildman–Crippen MR) is 92.7 cm³/mol. The smallest absolute Gasteiger partial charge is 0.255 e. The summed E-state index contributed by atoms with van der Waals surface area (Å²) in [7, 11) is 1.79. The first-order chi connectivity index (χ1) is 12.0. The summed E-state index contributed by atoms with van der Waals surface area (Å²) in [5.74, 6) is 1.37. The first-order valence-electron chi connectivity index (χ1n) is 8.91. The molecular formula is C18H24N4O3. The molecule has 2 fully saturated rings. The van der Waals surface area contributed by atoms with Crippen LogP contribution in [0.4, 0.5) is 5.82 Å². The van der Waals surface area contributed by atoms with E-state index in [9.17, 15) is 9.59 Å². The van der Waals surface area contributed by atoms with Gasteiger partial charge in [0, 0.05) is 45.2 Å². The third kappa shape index (κ3) is 3.03. The number of rotatable bonds is 2. The van der Waals surface area contributed by atoms with Crippen LogP contribution in [0.5, 0.6) is 5.75 Å². The van der Waals surface area contributed by atoms with Gasteiger partial charge in [0.05, 0.1) is 18.2 Å². The Morgan fingerprint density at radius 3 is 2.92 bits per heavy atom. The maximum absolute atomic E-state index is 12.8. The highest BCUT2D eigenvalue weighted by molar-refractivity contribution is 5.95. The van der Waals surface area contributed by atoms with Gasteiger partial charge in [0.25, 0.3) is 5.91 Å². The average Bonchev–Trinajstić information content (AvgIpc) is 3.23. The number of carbonyl (C=O) groups is 2. The van der Waals surface area contributed by atoms with Crippen LogP contribution >= 0.6 is 0 Å². The van der Waals surface area contributed by atoms with E-state index in [0.29, 0.717) is 31.0 Å². The molecule has 1 atom stereocenters. The lowest BCUT2D eigenvalue weighted by Gasteiger charge is -2.23. The molecule has 3 aliphatic rings. The maximum atomic E-state index is 12.8. The minimum atomic E-state index is -0.0521. The van der Waals surface area contributed by atoms with Crippen molar-refractivity contribution in [2.24, 2.45) is 0 Å². The summed E-state index contributed by atoms with van der Waals surface area (Å²) in [6.07, 6.45) is 5.70. The quantitative estimate of drug-likeness (QED) is 0.880. The van der Waals surface area contributed by atoms with Gasteiger partial charge in [-0.15, -0.1) is 0 Å². The zero-order valence-corrected chi connectivity index (χ0v) is 14.7. The molecule has 0 unspecified atom stereocenters. The molecule has 134 valence electrons. The summed E-state index contributed by atoms with van der Waals surface area (Å²) < 4.78 is 5.82. The van der Waals surface area contributed by atoms with Gasteiger partial charge in [-0.05, 0) is 25.3 Å². The second-order valence-electron chi connectivity index (χ2n) is 7.40. The number of nitrogens with zero attached hydrogens (tertiary/aromatic N) is 3. The number of fused-ring (bicyclic) bond motifs is 1. The van der Waals surface area contributed by atoms with Crippen LogP contribution in [0.3, 0.4) is 0 Å². The van der Waals surface area contributed by atoms with Gasteiger partial charge in [0.15, 0.2) is 11.6 Å². The highest BCUT2D eigenvalue weighted by Crippen LogP contribution is 2.45. The first kappa shape index (κ1) is 16.2. The van der Waals surface area contributed by atoms with E-state index in [1.165, 1.54) is 0 Å². The van der Waals surface area contributed by atoms with E-state index in [1.807, 2.05) is 0 Å². The van der Waals surface area contributed by atoms with Gasteiger partial charge in [-0.25, -0.2) is 4.98 Å². The van der Waals surface area contributed by atoms with E-state index < -0.39 is 0 Å². The fraction of sp³-hybridized carbons (Fsp3) is 0.611. The summed E-state index contributed by atoms with van der Waals surface area (Å²) in [5.41, 5.74) is 0.696. The first-order valence-corrected chi connectivity index (χ1v) is 8.91. The number of anilines is 1. The second-order valence-corrected chi connectivity index (χ2v) is 7.40. The van der Waals surface area contributed by atoms with Crippen molar-refractivity contribution in [2.75, 3.05) is 32.1 Å². The van der Waals surface area contributed by atoms with Crippen LogP contribution in [0.1, 0.15) is 43.0 Å². The Hall–Kier alpha value is -2.31. The Kier molecular flexibility index (Phi) is 3.81. The molecule has 1 saturated heterocycles. The topological polar surface area (TPSA) is 74.8 Å². The molecule has 1 aliphatic carbocycles. The minimum Gasteiger partial charge on any atom is -0.490 e. The molecule has 1 saturated carbocycles. The number of aromatic nitrogens is 1. The number of carbonyl (C=O) groups excluding carboxylic acids is 2. The Balaban J connectivity index is 1.48. The van der Waals surface area contributed by atoms with E-state index in [2.05, 4.69) is 10.3 Å². The molecule has 2 aliphatic heterocycles. The number of hydrogen-bond donors (Lipinski definition) is 1. The van der Waals surface area contributed by atoms with E-state index >= 15 is 0 Å². The van der Waals surface area contributed by atoms with Crippen LogP contribution in [-0.4, -0.2) is 64.9 Å². The summed E-state index contributed by atoms with van der Waals surface area (Å²) in [5, 5.41) is 3.47. The Labute approximate surface area is 147 Å². The van der Waals surface area contributed by atoms with Crippen LogP contribution in [0, 0.1) is 0 Å². The fourth-order valence-electron chi connectivity index (χ4n) is 3.64. The summed E-state index contributed by atoms with van der Waals surface area (Å²) in [4.78, 5) is 32.3. The molecule has 0 aromatic carbocycles. The molecule has 25 heavy (non-hydrogen) atoms. The van der Waals surface area contributed by atoms with Gasteiger partial charge in [0.1, 0.15) is 0 Å². The summed E-state index contributed by atoms with van der Waals surface area (Å²) in [6, 6.07) is 1.88. The van der Waals surface area contributed by atoms with Crippen LogP contribution < -0.4 is 10.1 Å². The lowest BCUT2D eigenvalue weighted by atomic mass is 10.2. The lowest BCUT2D eigenvalue weighted by Crippen LogP contribution is -2.38. The molecule has 7 heteroatoms. The fourth-order valence-corrected chi connectivity index (χ4v) is 3.64. The number of amides is 2.